The Kier molecular flexibility index (Phi) is 3.94. The highest BCUT2D eigenvalue weighted by molar-refractivity contribution is 7.28. The number of hydrogen-bond acceptors (Lipinski definition) is 1. The van der Waals surface area contributed by atoms with Gasteiger partial charge in [-0.2, -0.15) is 0 Å². The summed E-state index contributed by atoms with van der Waals surface area (Å²) in [5, 5.41) is 1.15. The van der Waals surface area contributed by atoms with Gasteiger partial charge in [0.1, 0.15) is 0 Å². The summed E-state index contributed by atoms with van der Waals surface area (Å²) in [6.45, 7) is 3.80. The zero-order chi connectivity index (χ0) is 14.7. The van der Waals surface area contributed by atoms with Crippen LogP contribution in [0.1, 0.15) is 5.56 Å². The molecule has 3 aromatic rings. The molecule has 0 spiro atoms. The SMILES string of the molecule is C=Cc1ccc(-c2cccc(P)c2-c2ccccn2)cc1. The summed E-state index contributed by atoms with van der Waals surface area (Å²) in [5.41, 5.74) is 5.66. The van der Waals surface area contributed by atoms with Crippen LogP contribution in [-0.4, -0.2) is 4.98 Å². The van der Waals surface area contributed by atoms with Crippen LogP contribution < -0.4 is 5.30 Å². The van der Waals surface area contributed by atoms with Crippen LogP contribution in [0.15, 0.2) is 73.4 Å². The number of pyridine rings is 1. The van der Waals surface area contributed by atoms with Crippen LogP contribution in [0.25, 0.3) is 28.5 Å². The summed E-state index contributed by atoms with van der Waals surface area (Å²) in [6, 6.07) is 20.7. The third-order valence-corrected chi connectivity index (χ3v) is 3.96. The van der Waals surface area contributed by atoms with Gasteiger partial charge in [-0.15, -0.1) is 9.24 Å². The topological polar surface area (TPSA) is 12.9 Å². The summed E-state index contributed by atoms with van der Waals surface area (Å²) < 4.78 is 0. The lowest BCUT2D eigenvalue weighted by Crippen LogP contribution is -2.00. The van der Waals surface area contributed by atoms with Gasteiger partial charge in [0.2, 0.25) is 0 Å². The summed E-state index contributed by atoms with van der Waals surface area (Å²) >= 11 is 0. The third-order valence-electron chi connectivity index (χ3n) is 3.48. The van der Waals surface area contributed by atoms with Gasteiger partial charge in [-0.25, -0.2) is 0 Å². The van der Waals surface area contributed by atoms with E-state index in [2.05, 4.69) is 63.3 Å². The zero-order valence-corrected chi connectivity index (χ0v) is 12.8. The molecule has 1 nitrogen and oxygen atoms in total. The molecule has 0 aliphatic carbocycles. The van der Waals surface area contributed by atoms with Gasteiger partial charge in [0.05, 0.1) is 5.69 Å². The molecule has 21 heavy (non-hydrogen) atoms. The fourth-order valence-electron chi connectivity index (χ4n) is 2.41. The molecule has 0 amide bonds. The lowest BCUT2D eigenvalue weighted by atomic mass is 9.96. The molecule has 2 heteroatoms. The monoisotopic (exact) mass is 289 g/mol. The summed E-state index contributed by atoms with van der Waals surface area (Å²) in [7, 11) is 2.81. The molecule has 0 aliphatic heterocycles. The predicted octanol–water partition coefficient (Wildman–Crippen LogP) is 4.56. The highest BCUT2D eigenvalue weighted by Gasteiger charge is 2.10. The first-order valence-corrected chi connectivity index (χ1v) is 7.40. The van der Waals surface area contributed by atoms with Gasteiger partial charge in [0.15, 0.2) is 0 Å². The van der Waals surface area contributed by atoms with Gasteiger partial charge in [0, 0.05) is 11.8 Å². The maximum absolute atomic E-state index is 4.50. The third kappa shape index (κ3) is 2.79. The van der Waals surface area contributed by atoms with Gasteiger partial charge in [-0.05, 0) is 34.1 Å². The molecule has 0 saturated heterocycles. The van der Waals surface area contributed by atoms with E-state index < -0.39 is 0 Å². The van der Waals surface area contributed by atoms with Crippen LogP contribution in [0.2, 0.25) is 0 Å². The second-order valence-corrected chi connectivity index (χ2v) is 5.43. The van der Waals surface area contributed by atoms with Gasteiger partial charge < -0.3 is 0 Å². The fourth-order valence-corrected chi connectivity index (χ4v) is 2.82. The first kappa shape index (κ1) is 13.7. The highest BCUT2D eigenvalue weighted by Crippen LogP contribution is 2.30. The largest absolute Gasteiger partial charge is 0.256 e. The molecule has 0 bridgehead atoms. The molecule has 0 radical (unpaired) electrons. The van der Waals surface area contributed by atoms with E-state index in [4.69, 9.17) is 0 Å². The Morgan fingerprint density at radius 3 is 2.38 bits per heavy atom. The van der Waals surface area contributed by atoms with E-state index in [1.807, 2.05) is 30.5 Å². The summed E-state index contributed by atoms with van der Waals surface area (Å²) in [6.07, 6.45) is 3.69. The van der Waals surface area contributed by atoms with Gasteiger partial charge in [-0.3, -0.25) is 4.98 Å². The van der Waals surface area contributed by atoms with Crippen molar-refractivity contribution in [3.05, 3.63) is 79.0 Å². The van der Waals surface area contributed by atoms with Gasteiger partial charge in [0.25, 0.3) is 0 Å². The van der Waals surface area contributed by atoms with Gasteiger partial charge in [-0.1, -0.05) is 61.2 Å². The van der Waals surface area contributed by atoms with E-state index >= 15 is 0 Å². The molecule has 0 N–H and O–H groups in total. The standard InChI is InChI=1S/C19H16NP/c1-2-14-9-11-15(12-10-14)16-6-5-8-18(21)19(16)17-7-3-4-13-20-17/h2-13H,1,21H2. The Hall–Kier alpha value is -2.24. The van der Waals surface area contributed by atoms with E-state index in [1.165, 1.54) is 11.1 Å². The smallest absolute Gasteiger partial charge is 0.0714 e. The number of nitrogens with zero attached hydrogens (tertiary/aromatic N) is 1. The molecule has 1 atom stereocenters. The summed E-state index contributed by atoms with van der Waals surface area (Å²) in [5.74, 6) is 0. The predicted molar refractivity (Wildman–Crippen MR) is 94.5 cm³/mol. The van der Waals surface area contributed by atoms with E-state index in [1.54, 1.807) is 0 Å². The minimum Gasteiger partial charge on any atom is -0.256 e. The highest BCUT2D eigenvalue weighted by atomic mass is 31.0. The Labute approximate surface area is 127 Å². The molecule has 0 saturated carbocycles. The van der Waals surface area contributed by atoms with Crippen LogP contribution in [0.4, 0.5) is 0 Å². The zero-order valence-electron chi connectivity index (χ0n) is 11.7. The van der Waals surface area contributed by atoms with Crippen molar-refractivity contribution in [2.24, 2.45) is 0 Å². The molecular weight excluding hydrogens is 273 g/mol. The first-order valence-electron chi connectivity index (χ1n) is 6.82. The number of hydrogen-bond donors (Lipinski definition) is 0. The molecule has 0 aliphatic rings. The van der Waals surface area contributed by atoms with Crippen LogP contribution in [0, 0.1) is 0 Å². The van der Waals surface area contributed by atoms with Crippen molar-refractivity contribution in [2.75, 3.05) is 0 Å². The molecule has 102 valence electrons. The van der Waals surface area contributed by atoms with Crippen LogP contribution >= 0.6 is 9.24 Å². The van der Waals surface area contributed by atoms with Crippen LogP contribution in [0.3, 0.4) is 0 Å². The average Bonchev–Trinajstić information content (AvgIpc) is 2.55. The Morgan fingerprint density at radius 1 is 0.905 bits per heavy atom. The van der Waals surface area contributed by atoms with Crippen molar-refractivity contribution in [1.29, 1.82) is 0 Å². The molecule has 1 unspecified atom stereocenters. The molecule has 1 aromatic heterocycles. The van der Waals surface area contributed by atoms with Gasteiger partial charge >= 0.3 is 0 Å². The lowest BCUT2D eigenvalue weighted by molar-refractivity contribution is 1.33. The molecule has 1 heterocycles. The lowest BCUT2D eigenvalue weighted by Gasteiger charge is -2.12. The Morgan fingerprint density at radius 2 is 1.71 bits per heavy atom. The molecule has 2 aromatic carbocycles. The van der Waals surface area contributed by atoms with Crippen molar-refractivity contribution in [3.63, 3.8) is 0 Å². The fraction of sp³-hybridized carbons (Fsp3) is 0. The second kappa shape index (κ2) is 6.03. The van der Waals surface area contributed by atoms with Crippen molar-refractivity contribution in [2.45, 2.75) is 0 Å². The number of rotatable bonds is 3. The van der Waals surface area contributed by atoms with E-state index in [0.29, 0.717) is 0 Å². The maximum atomic E-state index is 4.50. The quantitative estimate of drug-likeness (QED) is 0.644. The normalized spacial score (nSPS) is 10.3. The molecular formula is C19H16NP. The minimum atomic E-state index is 0.992. The average molecular weight is 289 g/mol. The maximum Gasteiger partial charge on any atom is 0.0714 e. The van der Waals surface area contributed by atoms with Crippen molar-refractivity contribution < 1.29 is 0 Å². The van der Waals surface area contributed by atoms with Crippen molar-refractivity contribution in [3.8, 4) is 22.4 Å². The Balaban J connectivity index is 2.18. The van der Waals surface area contributed by atoms with Crippen LogP contribution in [-0.2, 0) is 0 Å². The summed E-state index contributed by atoms with van der Waals surface area (Å²) in [4.78, 5) is 4.50. The minimum absolute atomic E-state index is 0.992. The van der Waals surface area contributed by atoms with Crippen LogP contribution in [0.5, 0.6) is 0 Å². The number of benzene rings is 2. The van der Waals surface area contributed by atoms with Crippen molar-refractivity contribution in [1.82, 2.24) is 4.98 Å². The van der Waals surface area contributed by atoms with E-state index in [0.717, 1.165) is 22.1 Å². The van der Waals surface area contributed by atoms with Crippen molar-refractivity contribution >= 4 is 20.6 Å². The number of aromatic nitrogens is 1. The van der Waals surface area contributed by atoms with E-state index in [-0.39, 0.29) is 0 Å². The molecule has 0 fully saturated rings. The van der Waals surface area contributed by atoms with E-state index in [9.17, 15) is 0 Å². The first-order chi connectivity index (χ1) is 10.3. The Bertz CT molecular complexity index is 761. The second-order valence-electron chi connectivity index (χ2n) is 4.81. The molecule has 3 rings (SSSR count).